The normalized spacial score (nSPS) is 26.7. The summed E-state index contributed by atoms with van der Waals surface area (Å²) in [5.41, 5.74) is 1.50. The molecule has 7 nitrogen and oxygen atoms in total. The van der Waals surface area contributed by atoms with E-state index in [4.69, 9.17) is 19.3 Å². The fraction of sp³-hybridized carbons (Fsp3) is 0.364. The van der Waals surface area contributed by atoms with Crippen LogP contribution in [0.5, 0.6) is 11.5 Å². The molecule has 0 aromatic heterocycles. The average molecular weight is 395 g/mol. The molecular formula is C22H21NO6. The van der Waals surface area contributed by atoms with Gasteiger partial charge in [0.1, 0.15) is 23.0 Å². The minimum atomic E-state index is -1.05. The Labute approximate surface area is 167 Å². The Balaban J connectivity index is 1.59. The summed E-state index contributed by atoms with van der Waals surface area (Å²) in [4.78, 5) is 24.2. The van der Waals surface area contributed by atoms with Crippen molar-refractivity contribution in [3.63, 3.8) is 0 Å². The molecule has 1 amide bonds. The van der Waals surface area contributed by atoms with Crippen LogP contribution in [-0.2, 0) is 19.7 Å². The van der Waals surface area contributed by atoms with Crippen molar-refractivity contribution in [3.05, 3.63) is 53.6 Å². The Morgan fingerprint density at radius 1 is 1.24 bits per heavy atom. The minimum absolute atomic E-state index is 0.0504. The van der Waals surface area contributed by atoms with E-state index in [0.717, 1.165) is 36.3 Å². The first-order valence-corrected chi connectivity index (χ1v) is 9.77. The summed E-state index contributed by atoms with van der Waals surface area (Å²) in [5.74, 6) is -0.226. The van der Waals surface area contributed by atoms with E-state index < -0.39 is 24.1 Å². The highest BCUT2D eigenvalue weighted by atomic mass is 16.5. The van der Waals surface area contributed by atoms with Crippen LogP contribution in [0, 0.1) is 0 Å². The maximum atomic E-state index is 13.4. The lowest BCUT2D eigenvalue weighted by Crippen LogP contribution is -2.46. The number of carbonyl (C=O) groups is 2. The van der Waals surface area contributed by atoms with Gasteiger partial charge in [-0.3, -0.25) is 4.79 Å². The van der Waals surface area contributed by atoms with Crippen LogP contribution in [0.4, 0.5) is 5.69 Å². The third kappa shape index (κ3) is 2.76. The highest BCUT2D eigenvalue weighted by Gasteiger charge is 2.60. The molecule has 1 saturated heterocycles. The predicted molar refractivity (Wildman–Crippen MR) is 103 cm³/mol. The molecule has 5 rings (SSSR count). The Hall–Kier alpha value is -3.06. The first kappa shape index (κ1) is 18.0. The molecule has 3 aliphatic rings. The number of carbonyl (C=O) groups excluding carboxylic acids is 1. The van der Waals surface area contributed by atoms with Crippen molar-refractivity contribution in [2.24, 2.45) is 0 Å². The molecule has 7 heteroatoms. The number of carboxylic acids is 1. The average Bonchev–Trinajstić information content (AvgIpc) is 3.39. The predicted octanol–water partition coefficient (Wildman–Crippen LogP) is 2.72. The van der Waals surface area contributed by atoms with Crippen LogP contribution in [0.3, 0.4) is 0 Å². The van der Waals surface area contributed by atoms with Crippen LogP contribution in [0.15, 0.2) is 42.5 Å². The van der Waals surface area contributed by atoms with Crippen molar-refractivity contribution in [1.29, 1.82) is 0 Å². The van der Waals surface area contributed by atoms with E-state index in [9.17, 15) is 9.59 Å². The second-order valence-electron chi connectivity index (χ2n) is 7.63. The smallest absolute Gasteiger partial charge is 0.341 e. The van der Waals surface area contributed by atoms with Gasteiger partial charge in [-0.2, -0.15) is 0 Å². The third-order valence-electron chi connectivity index (χ3n) is 5.95. The van der Waals surface area contributed by atoms with Gasteiger partial charge in [-0.25, -0.2) is 4.79 Å². The van der Waals surface area contributed by atoms with Gasteiger partial charge in [0.2, 0.25) is 5.91 Å². The molecule has 2 aromatic rings. The van der Waals surface area contributed by atoms with Crippen LogP contribution in [-0.4, -0.2) is 42.4 Å². The Morgan fingerprint density at radius 3 is 2.90 bits per heavy atom. The van der Waals surface area contributed by atoms with Gasteiger partial charge < -0.3 is 24.6 Å². The molecule has 2 N–H and O–H groups in total. The molecule has 0 aliphatic carbocycles. The fourth-order valence-corrected chi connectivity index (χ4v) is 4.74. The molecule has 1 spiro atoms. The first-order chi connectivity index (χ1) is 14.1. The summed E-state index contributed by atoms with van der Waals surface area (Å²) < 4.78 is 17.4. The van der Waals surface area contributed by atoms with Crippen molar-refractivity contribution >= 4 is 17.6 Å². The Bertz CT molecular complexity index is 983. The summed E-state index contributed by atoms with van der Waals surface area (Å²) in [6.45, 7) is 0.292. The molecule has 2 aromatic carbocycles. The number of hydrogen-bond acceptors (Lipinski definition) is 5. The minimum Gasteiger partial charge on any atom is -0.488 e. The summed E-state index contributed by atoms with van der Waals surface area (Å²) in [6.07, 6.45) is 2.19. The molecule has 3 aliphatic heterocycles. The zero-order valence-corrected chi connectivity index (χ0v) is 15.7. The molecule has 0 saturated carbocycles. The summed E-state index contributed by atoms with van der Waals surface area (Å²) in [7, 11) is 0. The van der Waals surface area contributed by atoms with E-state index in [0.29, 0.717) is 17.9 Å². The number of ether oxygens (including phenoxy) is 3. The number of fused-ring (bicyclic) bond motifs is 4. The van der Waals surface area contributed by atoms with Crippen LogP contribution in [0.1, 0.15) is 30.4 Å². The van der Waals surface area contributed by atoms with E-state index >= 15 is 0 Å². The lowest BCUT2D eigenvalue weighted by atomic mass is 9.71. The topological polar surface area (TPSA) is 94.1 Å². The van der Waals surface area contributed by atoms with Crippen molar-refractivity contribution in [1.82, 2.24) is 0 Å². The van der Waals surface area contributed by atoms with Gasteiger partial charge in [-0.05, 0) is 30.5 Å². The Morgan fingerprint density at radius 2 is 2.10 bits per heavy atom. The SMILES string of the molecule is O=C(O)COc1ccc2c(c1)O[C@H](CC1CCCO1)C21C(=O)Nc2ccccc21. The number of amides is 1. The number of para-hydroxylation sites is 1. The molecule has 29 heavy (non-hydrogen) atoms. The molecule has 3 atom stereocenters. The van der Waals surface area contributed by atoms with Gasteiger partial charge in [-0.15, -0.1) is 0 Å². The highest BCUT2D eigenvalue weighted by Crippen LogP contribution is 2.55. The molecule has 150 valence electrons. The summed E-state index contributed by atoms with van der Waals surface area (Å²) in [5, 5.41) is 11.9. The molecule has 1 fully saturated rings. The second kappa shape index (κ2) is 6.77. The largest absolute Gasteiger partial charge is 0.488 e. The van der Waals surface area contributed by atoms with E-state index in [1.165, 1.54) is 0 Å². The Kier molecular flexibility index (Phi) is 4.20. The zero-order chi connectivity index (χ0) is 20.0. The standard InChI is InChI=1S/C22H21NO6/c24-20(25)12-28-14-7-8-16-18(10-14)29-19(11-13-4-3-9-27-13)22(16)15-5-1-2-6-17(15)23-21(22)26/h1-2,5-8,10,13,19H,3-4,9,11-12H2,(H,23,26)(H,24,25)/t13?,19-,22?/m1/s1. The van der Waals surface area contributed by atoms with Crippen LogP contribution in [0.25, 0.3) is 0 Å². The zero-order valence-electron chi connectivity index (χ0n) is 15.7. The molecular weight excluding hydrogens is 374 g/mol. The first-order valence-electron chi connectivity index (χ1n) is 9.77. The lowest BCUT2D eigenvalue weighted by Gasteiger charge is -2.30. The van der Waals surface area contributed by atoms with Gasteiger partial charge >= 0.3 is 5.97 Å². The van der Waals surface area contributed by atoms with E-state index in [-0.39, 0.29) is 12.0 Å². The number of hydrogen-bond donors (Lipinski definition) is 2. The van der Waals surface area contributed by atoms with Gasteiger partial charge in [0.15, 0.2) is 6.61 Å². The van der Waals surface area contributed by atoms with Gasteiger partial charge in [0.25, 0.3) is 0 Å². The van der Waals surface area contributed by atoms with Crippen LogP contribution < -0.4 is 14.8 Å². The van der Waals surface area contributed by atoms with Crippen molar-refractivity contribution in [3.8, 4) is 11.5 Å². The highest BCUT2D eigenvalue weighted by molar-refractivity contribution is 6.10. The van der Waals surface area contributed by atoms with Crippen molar-refractivity contribution in [2.45, 2.75) is 36.9 Å². The summed E-state index contributed by atoms with van der Waals surface area (Å²) >= 11 is 0. The van der Waals surface area contributed by atoms with Crippen LogP contribution >= 0.6 is 0 Å². The van der Waals surface area contributed by atoms with Gasteiger partial charge in [0, 0.05) is 30.3 Å². The molecule has 2 unspecified atom stereocenters. The molecule has 0 radical (unpaired) electrons. The van der Waals surface area contributed by atoms with Crippen LogP contribution in [0.2, 0.25) is 0 Å². The fourth-order valence-electron chi connectivity index (χ4n) is 4.74. The third-order valence-corrected chi connectivity index (χ3v) is 5.95. The quantitative estimate of drug-likeness (QED) is 0.809. The maximum Gasteiger partial charge on any atom is 0.341 e. The molecule has 0 bridgehead atoms. The number of aliphatic carboxylic acids is 1. The monoisotopic (exact) mass is 395 g/mol. The van der Waals surface area contributed by atoms with E-state index in [1.54, 1.807) is 12.1 Å². The molecule has 3 heterocycles. The second-order valence-corrected chi connectivity index (χ2v) is 7.63. The number of benzene rings is 2. The number of rotatable bonds is 5. The van der Waals surface area contributed by atoms with Crippen molar-refractivity contribution < 1.29 is 28.9 Å². The van der Waals surface area contributed by atoms with E-state index in [2.05, 4.69) is 5.32 Å². The lowest BCUT2D eigenvalue weighted by molar-refractivity contribution is -0.139. The maximum absolute atomic E-state index is 13.4. The van der Waals surface area contributed by atoms with E-state index in [1.807, 2.05) is 30.3 Å². The number of anilines is 1. The van der Waals surface area contributed by atoms with Gasteiger partial charge in [0.05, 0.1) is 6.10 Å². The number of carboxylic acid groups (broad SMARTS) is 1. The number of nitrogens with one attached hydrogen (secondary N) is 1. The van der Waals surface area contributed by atoms with Gasteiger partial charge in [-0.1, -0.05) is 24.3 Å². The van der Waals surface area contributed by atoms with Crippen molar-refractivity contribution in [2.75, 3.05) is 18.5 Å². The summed E-state index contributed by atoms with van der Waals surface area (Å²) in [6, 6.07) is 12.8.